The molecule has 0 saturated heterocycles. The second kappa shape index (κ2) is 8.35. The van der Waals surface area contributed by atoms with Crippen LogP contribution in [0.5, 0.6) is 0 Å². The monoisotopic (exact) mass is 398 g/mol. The highest BCUT2D eigenvalue weighted by molar-refractivity contribution is 7.09. The smallest absolute Gasteiger partial charge is 0.355 e. The minimum absolute atomic E-state index is 0.0350. The molecule has 2 N–H and O–H groups in total. The molecule has 3 aromatic rings. The van der Waals surface area contributed by atoms with E-state index >= 15 is 0 Å². The summed E-state index contributed by atoms with van der Waals surface area (Å²) in [6, 6.07) is 8.00. The van der Waals surface area contributed by atoms with Crippen molar-refractivity contribution in [3.8, 4) is 5.69 Å². The minimum atomic E-state index is -1.04. The SMILES string of the molecule is Cc1ccc(-n2ncc(C(=O)NCCc3nc(C(=O)O)cs3)c2C(C)C)cc1. The maximum atomic E-state index is 12.7. The molecule has 0 radical (unpaired) electrons. The van der Waals surface area contributed by atoms with Gasteiger partial charge in [-0.05, 0) is 25.0 Å². The summed E-state index contributed by atoms with van der Waals surface area (Å²) in [7, 11) is 0. The van der Waals surface area contributed by atoms with Crippen molar-refractivity contribution in [1.29, 1.82) is 0 Å². The van der Waals surface area contributed by atoms with E-state index in [1.165, 1.54) is 16.7 Å². The van der Waals surface area contributed by atoms with Crippen molar-refractivity contribution in [2.24, 2.45) is 0 Å². The van der Waals surface area contributed by atoms with Crippen LogP contribution in [0.3, 0.4) is 0 Å². The number of aromatic carboxylic acids is 1. The van der Waals surface area contributed by atoms with Gasteiger partial charge in [-0.1, -0.05) is 31.5 Å². The van der Waals surface area contributed by atoms with Crippen LogP contribution in [0.2, 0.25) is 0 Å². The number of benzene rings is 1. The number of hydrogen-bond donors (Lipinski definition) is 2. The summed E-state index contributed by atoms with van der Waals surface area (Å²) in [5, 5.41) is 18.4. The predicted molar refractivity (Wildman–Crippen MR) is 108 cm³/mol. The Kier molecular flexibility index (Phi) is 5.89. The molecule has 1 aromatic carbocycles. The van der Waals surface area contributed by atoms with E-state index in [1.807, 2.05) is 45.0 Å². The lowest BCUT2D eigenvalue weighted by molar-refractivity contribution is 0.0690. The summed E-state index contributed by atoms with van der Waals surface area (Å²) in [6.07, 6.45) is 2.07. The predicted octanol–water partition coefficient (Wildman–Crippen LogP) is 3.43. The number of carboxylic acid groups (broad SMARTS) is 1. The summed E-state index contributed by atoms with van der Waals surface area (Å²) in [4.78, 5) is 27.6. The van der Waals surface area contributed by atoms with Crippen LogP contribution in [0, 0.1) is 6.92 Å². The van der Waals surface area contributed by atoms with Crippen LogP contribution >= 0.6 is 11.3 Å². The molecular formula is C20H22N4O3S. The van der Waals surface area contributed by atoms with Gasteiger partial charge in [-0.15, -0.1) is 11.3 Å². The van der Waals surface area contributed by atoms with E-state index in [2.05, 4.69) is 15.4 Å². The Labute approximate surface area is 167 Å². The van der Waals surface area contributed by atoms with Gasteiger partial charge in [0.1, 0.15) is 0 Å². The molecule has 8 heteroatoms. The Morgan fingerprint density at radius 2 is 1.96 bits per heavy atom. The molecule has 0 aliphatic heterocycles. The molecule has 2 aromatic heterocycles. The maximum absolute atomic E-state index is 12.7. The van der Waals surface area contributed by atoms with Gasteiger partial charge in [-0.2, -0.15) is 5.10 Å². The number of carbonyl (C=O) groups excluding carboxylic acids is 1. The fraction of sp³-hybridized carbons (Fsp3) is 0.300. The Morgan fingerprint density at radius 3 is 2.57 bits per heavy atom. The van der Waals surface area contributed by atoms with Gasteiger partial charge in [-0.3, -0.25) is 4.79 Å². The molecule has 146 valence electrons. The van der Waals surface area contributed by atoms with E-state index in [9.17, 15) is 9.59 Å². The van der Waals surface area contributed by atoms with Crippen LogP contribution in [0.4, 0.5) is 0 Å². The molecule has 7 nitrogen and oxygen atoms in total. The van der Waals surface area contributed by atoms with Gasteiger partial charge in [0.05, 0.1) is 28.1 Å². The third-order valence-corrected chi connectivity index (χ3v) is 5.18. The fourth-order valence-electron chi connectivity index (χ4n) is 2.88. The number of rotatable bonds is 7. The average molecular weight is 398 g/mol. The number of hydrogen-bond acceptors (Lipinski definition) is 5. The summed E-state index contributed by atoms with van der Waals surface area (Å²) < 4.78 is 1.80. The van der Waals surface area contributed by atoms with E-state index in [1.54, 1.807) is 10.9 Å². The number of nitrogens with one attached hydrogen (secondary N) is 1. The highest BCUT2D eigenvalue weighted by Gasteiger charge is 2.20. The van der Waals surface area contributed by atoms with E-state index in [-0.39, 0.29) is 17.5 Å². The Balaban J connectivity index is 1.72. The molecule has 0 aliphatic rings. The zero-order chi connectivity index (χ0) is 20.3. The zero-order valence-corrected chi connectivity index (χ0v) is 16.8. The molecule has 0 spiro atoms. The van der Waals surface area contributed by atoms with Gasteiger partial charge in [0.25, 0.3) is 5.91 Å². The third kappa shape index (κ3) is 4.28. The minimum Gasteiger partial charge on any atom is -0.476 e. The summed E-state index contributed by atoms with van der Waals surface area (Å²) in [5.41, 5.74) is 3.50. The molecule has 0 atom stereocenters. The van der Waals surface area contributed by atoms with E-state index in [0.717, 1.165) is 16.9 Å². The van der Waals surface area contributed by atoms with Crippen molar-refractivity contribution in [3.05, 3.63) is 63.4 Å². The number of amides is 1. The largest absolute Gasteiger partial charge is 0.476 e. The molecule has 3 rings (SSSR count). The number of carboxylic acids is 1. The first-order chi connectivity index (χ1) is 13.4. The van der Waals surface area contributed by atoms with E-state index in [0.29, 0.717) is 23.5 Å². The molecule has 0 saturated carbocycles. The van der Waals surface area contributed by atoms with Gasteiger partial charge in [0, 0.05) is 18.3 Å². The molecular weight excluding hydrogens is 376 g/mol. The molecule has 1 amide bonds. The second-order valence-corrected chi connectivity index (χ2v) is 7.73. The molecule has 0 bridgehead atoms. The molecule has 2 heterocycles. The number of thiazole rings is 1. The highest BCUT2D eigenvalue weighted by atomic mass is 32.1. The summed E-state index contributed by atoms with van der Waals surface area (Å²) in [6.45, 7) is 6.46. The van der Waals surface area contributed by atoms with Gasteiger partial charge in [0.2, 0.25) is 0 Å². The molecule has 28 heavy (non-hydrogen) atoms. The van der Waals surface area contributed by atoms with Gasteiger partial charge >= 0.3 is 5.97 Å². The van der Waals surface area contributed by atoms with Crippen molar-refractivity contribution in [1.82, 2.24) is 20.1 Å². The first-order valence-electron chi connectivity index (χ1n) is 8.97. The van der Waals surface area contributed by atoms with Crippen molar-refractivity contribution < 1.29 is 14.7 Å². The van der Waals surface area contributed by atoms with Crippen molar-refractivity contribution >= 4 is 23.2 Å². The van der Waals surface area contributed by atoms with E-state index in [4.69, 9.17) is 5.11 Å². The Bertz CT molecular complexity index is 989. The number of aromatic nitrogens is 3. The van der Waals surface area contributed by atoms with Crippen LogP contribution in [-0.2, 0) is 6.42 Å². The van der Waals surface area contributed by atoms with Gasteiger partial charge < -0.3 is 10.4 Å². The first kappa shape index (κ1) is 19.8. The summed E-state index contributed by atoms with van der Waals surface area (Å²) >= 11 is 1.28. The third-order valence-electron chi connectivity index (χ3n) is 4.27. The van der Waals surface area contributed by atoms with Crippen molar-refractivity contribution in [2.45, 2.75) is 33.1 Å². The van der Waals surface area contributed by atoms with Crippen LogP contribution in [-0.4, -0.2) is 38.3 Å². The quantitative estimate of drug-likeness (QED) is 0.635. The van der Waals surface area contributed by atoms with Crippen molar-refractivity contribution in [2.75, 3.05) is 6.54 Å². The Hall–Kier alpha value is -3.00. The normalized spacial score (nSPS) is 11.0. The number of nitrogens with zero attached hydrogens (tertiary/aromatic N) is 3. The van der Waals surface area contributed by atoms with Gasteiger partial charge in [-0.25, -0.2) is 14.5 Å². The lowest BCUT2D eigenvalue weighted by atomic mass is 10.0. The molecule has 0 aliphatic carbocycles. The van der Waals surface area contributed by atoms with Crippen LogP contribution in [0.25, 0.3) is 5.69 Å². The lowest BCUT2D eigenvalue weighted by Crippen LogP contribution is -2.26. The molecule has 0 fully saturated rings. The van der Waals surface area contributed by atoms with E-state index < -0.39 is 5.97 Å². The average Bonchev–Trinajstić information content (AvgIpc) is 3.29. The Morgan fingerprint density at radius 1 is 1.25 bits per heavy atom. The van der Waals surface area contributed by atoms with Crippen LogP contribution < -0.4 is 5.32 Å². The number of carbonyl (C=O) groups is 2. The second-order valence-electron chi connectivity index (χ2n) is 6.78. The highest BCUT2D eigenvalue weighted by Crippen LogP contribution is 2.23. The van der Waals surface area contributed by atoms with Gasteiger partial charge in [0.15, 0.2) is 5.69 Å². The summed E-state index contributed by atoms with van der Waals surface area (Å²) in [5.74, 6) is -1.13. The molecule has 0 unspecified atom stereocenters. The standard InChI is InChI=1S/C20H22N4O3S/c1-12(2)18-15(10-22-24(18)14-6-4-13(3)5-7-14)19(25)21-9-8-17-23-16(11-28-17)20(26)27/h4-7,10-12H,8-9H2,1-3H3,(H,21,25)(H,26,27). The lowest BCUT2D eigenvalue weighted by Gasteiger charge is -2.13. The van der Waals surface area contributed by atoms with Crippen LogP contribution in [0.1, 0.15) is 56.9 Å². The maximum Gasteiger partial charge on any atom is 0.355 e. The number of aryl methyl sites for hydroxylation is 1. The van der Waals surface area contributed by atoms with Crippen LogP contribution in [0.15, 0.2) is 35.8 Å². The topological polar surface area (TPSA) is 97.1 Å². The fourth-order valence-corrected chi connectivity index (χ4v) is 3.65. The first-order valence-corrected chi connectivity index (χ1v) is 9.85. The van der Waals surface area contributed by atoms with Crippen molar-refractivity contribution in [3.63, 3.8) is 0 Å². The zero-order valence-electron chi connectivity index (χ0n) is 16.0.